The van der Waals surface area contributed by atoms with Crippen molar-refractivity contribution < 1.29 is 14.1 Å². The van der Waals surface area contributed by atoms with Crippen LogP contribution in [0.5, 0.6) is 0 Å². The van der Waals surface area contributed by atoms with Gasteiger partial charge >= 0.3 is 0 Å². The van der Waals surface area contributed by atoms with Crippen LogP contribution < -0.4 is 5.32 Å². The molecule has 0 aliphatic heterocycles. The standard InChI is InChI=1S/C12H12FNO/c13-11-5-3-10(4-6-11)8-14-9-12-2-1-7-15-12/h1-7,14H,8-9H2/p+1. The van der Waals surface area contributed by atoms with Crippen LogP contribution in [0.3, 0.4) is 0 Å². The number of furan rings is 1. The molecule has 0 atom stereocenters. The minimum absolute atomic E-state index is 0.190. The third kappa shape index (κ3) is 2.92. The average molecular weight is 206 g/mol. The van der Waals surface area contributed by atoms with Crippen molar-refractivity contribution in [2.45, 2.75) is 13.1 Å². The van der Waals surface area contributed by atoms with Gasteiger partial charge < -0.3 is 9.73 Å². The number of quaternary nitrogens is 1. The van der Waals surface area contributed by atoms with Gasteiger partial charge in [-0.2, -0.15) is 0 Å². The van der Waals surface area contributed by atoms with Crippen molar-refractivity contribution in [2.24, 2.45) is 0 Å². The van der Waals surface area contributed by atoms with Crippen LogP contribution in [0, 0.1) is 5.82 Å². The van der Waals surface area contributed by atoms with Crippen LogP contribution in [0.15, 0.2) is 47.1 Å². The summed E-state index contributed by atoms with van der Waals surface area (Å²) in [5.41, 5.74) is 1.11. The van der Waals surface area contributed by atoms with Crippen molar-refractivity contribution >= 4 is 0 Å². The Balaban J connectivity index is 1.81. The molecule has 0 saturated carbocycles. The van der Waals surface area contributed by atoms with Gasteiger partial charge in [-0.1, -0.05) is 12.1 Å². The second-order valence-electron chi connectivity index (χ2n) is 3.40. The maximum Gasteiger partial charge on any atom is 0.157 e. The summed E-state index contributed by atoms with van der Waals surface area (Å²) in [4.78, 5) is 0. The van der Waals surface area contributed by atoms with E-state index in [1.54, 1.807) is 18.4 Å². The molecule has 0 bridgehead atoms. The van der Waals surface area contributed by atoms with Crippen molar-refractivity contribution in [3.63, 3.8) is 0 Å². The topological polar surface area (TPSA) is 29.8 Å². The molecule has 0 aliphatic carbocycles. The maximum atomic E-state index is 12.6. The molecule has 2 aromatic rings. The Labute approximate surface area is 87.7 Å². The first-order valence-electron chi connectivity index (χ1n) is 4.93. The summed E-state index contributed by atoms with van der Waals surface area (Å²) in [6.07, 6.45) is 1.67. The second-order valence-corrected chi connectivity index (χ2v) is 3.40. The fraction of sp³-hybridized carbons (Fsp3) is 0.167. The highest BCUT2D eigenvalue weighted by Crippen LogP contribution is 2.01. The van der Waals surface area contributed by atoms with E-state index in [-0.39, 0.29) is 5.82 Å². The molecule has 2 rings (SSSR count). The first kappa shape index (κ1) is 9.93. The predicted octanol–water partition coefficient (Wildman–Crippen LogP) is 1.68. The zero-order valence-electron chi connectivity index (χ0n) is 8.32. The molecule has 0 radical (unpaired) electrons. The summed E-state index contributed by atoms with van der Waals surface area (Å²) >= 11 is 0. The summed E-state index contributed by atoms with van der Waals surface area (Å²) in [6.45, 7) is 1.64. The average Bonchev–Trinajstić information content (AvgIpc) is 2.74. The molecule has 2 nitrogen and oxygen atoms in total. The lowest BCUT2D eigenvalue weighted by atomic mass is 10.2. The van der Waals surface area contributed by atoms with Crippen LogP contribution in [0.4, 0.5) is 4.39 Å². The molecule has 1 heterocycles. The minimum Gasteiger partial charge on any atom is -0.463 e. The molecule has 1 aromatic heterocycles. The highest BCUT2D eigenvalue weighted by atomic mass is 19.1. The number of benzene rings is 1. The fourth-order valence-corrected chi connectivity index (χ4v) is 1.43. The van der Waals surface area contributed by atoms with E-state index in [4.69, 9.17) is 4.42 Å². The van der Waals surface area contributed by atoms with Gasteiger partial charge in [0.1, 0.15) is 18.9 Å². The monoisotopic (exact) mass is 206 g/mol. The molecule has 0 spiro atoms. The second kappa shape index (κ2) is 4.75. The van der Waals surface area contributed by atoms with Crippen LogP contribution in [0.25, 0.3) is 0 Å². The van der Waals surface area contributed by atoms with E-state index >= 15 is 0 Å². The summed E-state index contributed by atoms with van der Waals surface area (Å²) in [5.74, 6) is 0.766. The Morgan fingerprint density at radius 1 is 1.07 bits per heavy atom. The van der Waals surface area contributed by atoms with Gasteiger partial charge in [0.15, 0.2) is 5.76 Å². The van der Waals surface area contributed by atoms with E-state index in [2.05, 4.69) is 5.32 Å². The van der Waals surface area contributed by atoms with Crippen LogP contribution >= 0.6 is 0 Å². The van der Waals surface area contributed by atoms with Crippen LogP contribution in [-0.4, -0.2) is 0 Å². The largest absolute Gasteiger partial charge is 0.463 e. The van der Waals surface area contributed by atoms with Crippen LogP contribution in [0.1, 0.15) is 11.3 Å². The van der Waals surface area contributed by atoms with E-state index in [0.29, 0.717) is 0 Å². The Morgan fingerprint density at radius 3 is 2.53 bits per heavy atom. The third-order valence-corrected chi connectivity index (χ3v) is 2.22. The molecular weight excluding hydrogens is 193 g/mol. The summed E-state index contributed by atoms with van der Waals surface area (Å²) in [5, 5.41) is 2.12. The highest BCUT2D eigenvalue weighted by molar-refractivity contribution is 5.14. The van der Waals surface area contributed by atoms with Gasteiger partial charge in [0, 0.05) is 5.56 Å². The number of rotatable bonds is 4. The summed E-state index contributed by atoms with van der Waals surface area (Å²) < 4.78 is 17.8. The first-order chi connectivity index (χ1) is 7.34. The smallest absolute Gasteiger partial charge is 0.157 e. The molecule has 3 heteroatoms. The molecule has 0 amide bonds. The normalized spacial score (nSPS) is 10.5. The molecule has 78 valence electrons. The van der Waals surface area contributed by atoms with Gasteiger partial charge in [-0.15, -0.1) is 0 Å². The van der Waals surface area contributed by atoms with Gasteiger partial charge in [0.25, 0.3) is 0 Å². The quantitative estimate of drug-likeness (QED) is 0.810. The number of hydrogen-bond acceptors (Lipinski definition) is 1. The molecule has 15 heavy (non-hydrogen) atoms. The lowest BCUT2D eigenvalue weighted by molar-refractivity contribution is -0.687. The van der Waals surface area contributed by atoms with Crippen molar-refractivity contribution in [1.82, 2.24) is 0 Å². The number of halogens is 1. The highest BCUT2D eigenvalue weighted by Gasteiger charge is 1.99. The van der Waals surface area contributed by atoms with Gasteiger partial charge in [-0.25, -0.2) is 4.39 Å². The molecule has 2 N–H and O–H groups in total. The Bertz CT molecular complexity index is 394. The van der Waals surface area contributed by atoms with E-state index in [0.717, 1.165) is 24.4 Å². The van der Waals surface area contributed by atoms with Crippen molar-refractivity contribution in [3.8, 4) is 0 Å². The summed E-state index contributed by atoms with van der Waals surface area (Å²) in [7, 11) is 0. The zero-order chi connectivity index (χ0) is 10.5. The zero-order valence-corrected chi connectivity index (χ0v) is 8.32. The van der Waals surface area contributed by atoms with E-state index in [1.807, 2.05) is 12.1 Å². The number of hydrogen-bond donors (Lipinski definition) is 1. The Kier molecular flexibility index (Phi) is 3.15. The van der Waals surface area contributed by atoms with Crippen molar-refractivity contribution in [3.05, 3.63) is 59.8 Å². The van der Waals surface area contributed by atoms with Gasteiger partial charge in [0.2, 0.25) is 0 Å². The van der Waals surface area contributed by atoms with Crippen molar-refractivity contribution in [1.29, 1.82) is 0 Å². The lowest BCUT2D eigenvalue weighted by Gasteiger charge is -1.99. The van der Waals surface area contributed by atoms with Crippen molar-refractivity contribution in [2.75, 3.05) is 0 Å². The third-order valence-electron chi connectivity index (χ3n) is 2.22. The van der Waals surface area contributed by atoms with E-state index < -0.39 is 0 Å². The van der Waals surface area contributed by atoms with Crippen LogP contribution in [-0.2, 0) is 13.1 Å². The SMILES string of the molecule is Fc1ccc(C[NH2+]Cc2ccco2)cc1. The number of nitrogens with two attached hydrogens (primary N) is 1. The minimum atomic E-state index is -0.190. The Hall–Kier alpha value is -1.61. The molecular formula is C12H13FNO+. The Morgan fingerprint density at radius 2 is 1.87 bits per heavy atom. The van der Waals surface area contributed by atoms with Gasteiger partial charge in [-0.05, 0) is 24.3 Å². The molecule has 0 unspecified atom stereocenters. The van der Waals surface area contributed by atoms with Gasteiger partial charge in [0.05, 0.1) is 6.26 Å². The van der Waals surface area contributed by atoms with E-state index in [1.165, 1.54) is 12.1 Å². The molecule has 0 fully saturated rings. The van der Waals surface area contributed by atoms with Crippen LogP contribution in [0.2, 0.25) is 0 Å². The summed E-state index contributed by atoms with van der Waals surface area (Å²) in [6, 6.07) is 10.4. The van der Waals surface area contributed by atoms with Gasteiger partial charge in [-0.3, -0.25) is 0 Å². The predicted molar refractivity (Wildman–Crippen MR) is 54.4 cm³/mol. The molecule has 0 aliphatic rings. The first-order valence-corrected chi connectivity index (χ1v) is 4.93. The molecule has 1 aromatic carbocycles. The lowest BCUT2D eigenvalue weighted by Crippen LogP contribution is -2.80. The van der Waals surface area contributed by atoms with E-state index in [9.17, 15) is 4.39 Å². The fourth-order valence-electron chi connectivity index (χ4n) is 1.43. The maximum absolute atomic E-state index is 12.6. The molecule has 0 saturated heterocycles.